The molecule has 9 nitrogen and oxygen atoms in total. The molecule has 1 aromatic heterocycles. The average Bonchev–Trinajstić information content (AvgIpc) is 3.39. The number of nitrogens with zero attached hydrogens (tertiary/aromatic N) is 5. The molecule has 160 valence electrons. The fraction of sp³-hybridized carbons (Fsp3) is 0.550. The van der Waals surface area contributed by atoms with Crippen molar-refractivity contribution >= 4 is 21.6 Å². The van der Waals surface area contributed by atoms with Gasteiger partial charge in [0.15, 0.2) is 0 Å². The molecule has 0 N–H and O–H groups in total. The number of hydrogen-bond donors (Lipinski definition) is 0. The molecule has 3 aliphatic rings. The molecule has 1 spiro atoms. The first-order valence-electron chi connectivity index (χ1n) is 10.1. The van der Waals surface area contributed by atoms with E-state index in [9.17, 15) is 13.2 Å². The maximum absolute atomic E-state index is 13.6. The van der Waals surface area contributed by atoms with Gasteiger partial charge in [0.2, 0.25) is 15.9 Å². The van der Waals surface area contributed by atoms with Crippen LogP contribution in [0.3, 0.4) is 0 Å². The molecule has 5 rings (SSSR count). The van der Waals surface area contributed by atoms with Gasteiger partial charge in [0.25, 0.3) is 0 Å². The first-order valence-corrected chi connectivity index (χ1v) is 11.6. The van der Waals surface area contributed by atoms with Crippen LogP contribution in [-0.4, -0.2) is 66.7 Å². The molecule has 1 atom stereocenters. The Kier molecular flexibility index (Phi) is 4.49. The van der Waals surface area contributed by atoms with Gasteiger partial charge in [-0.25, -0.2) is 8.42 Å². The van der Waals surface area contributed by atoms with Gasteiger partial charge in [-0.15, -0.1) is 10.2 Å². The summed E-state index contributed by atoms with van der Waals surface area (Å²) < 4.78 is 36.2. The van der Waals surface area contributed by atoms with Crippen molar-refractivity contribution in [3.8, 4) is 0 Å². The molecular formula is C20H25N5O4S. The Morgan fingerprint density at radius 2 is 1.97 bits per heavy atom. The minimum Gasteiger partial charge on any atom is -0.381 e. The summed E-state index contributed by atoms with van der Waals surface area (Å²) in [6.07, 6.45) is 3.48. The van der Waals surface area contributed by atoms with E-state index in [-0.39, 0.29) is 28.6 Å². The Hall–Kier alpha value is -2.30. The van der Waals surface area contributed by atoms with Crippen LogP contribution < -0.4 is 4.90 Å². The summed E-state index contributed by atoms with van der Waals surface area (Å²) in [6.45, 7) is 2.04. The minimum atomic E-state index is -3.70. The summed E-state index contributed by atoms with van der Waals surface area (Å²) in [5.41, 5.74) is 1.32. The van der Waals surface area contributed by atoms with Gasteiger partial charge < -0.3 is 14.2 Å². The number of benzene rings is 1. The predicted octanol–water partition coefficient (Wildman–Crippen LogP) is 0.919. The number of hydrogen-bond acceptors (Lipinski definition) is 6. The number of fused-ring (bicyclic) bond motifs is 1. The van der Waals surface area contributed by atoms with Gasteiger partial charge in [-0.05, 0) is 42.0 Å². The fourth-order valence-corrected chi connectivity index (χ4v) is 6.71. The molecule has 1 aromatic carbocycles. The third-order valence-corrected chi connectivity index (χ3v) is 8.74. The zero-order chi connectivity index (χ0) is 21.1. The number of likely N-dealkylation sites (N-methyl/N-ethyl adjacent to an activating group) is 1. The number of carbonyl (C=O) groups excluding carboxylic acids is 1. The number of sulfonamides is 1. The Bertz CT molecular complexity index is 1110. The van der Waals surface area contributed by atoms with Crippen molar-refractivity contribution in [2.45, 2.75) is 30.1 Å². The van der Waals surface area contributed by atoms with E-state index < -0.39 is 10.0 Å². The van der Waals surface area contributed by atoms with Crippen molar-refractivity contribution in [1.29, 1.82) is 0 Å². The van der Waals surface area contributed by atoms with Gasteiger partial charge in [0.1, 0.15) is 12.2 Å². The SMILES string of the molecule is CN1C(=O)Cc2cc(S(=O)(=O)N3CC(c4nncn4C)C4(CCOCC4)C3)ccc21. The molecule has 3 aliphatic heterocycles. The van der Waals surface area contributed by atoms with Gasteiger partial charge in [-0.2, -0.15) is 4.31 Å². The largest absolute Gasteiger partial charge is 0.381 e. The summed E-state index contributed by atoms with van der Waals surface area (Å²) in [5.74, 6) is 0.755. The quantitative estimate of drug-likeness (QED) is 0.717. The second-order valence-corrected chi connectivity index (χ2v) is 10.5. The van der Waals surface area contributed by atoms with Gasteiger partial charge in [0.05, 0.1) is 11.3 Å². The van der Waals surface area contributed by atoms with Crippen LogP contribution >= 0.6 is 0 Å². The van der Waals surface area contributed by atoms with E-state index in [2.05, 4.69) is 10.2 Å². The molecule has 0 bridgehead atoms. The van der Waals surface area contributed by atoms with Crippen molar-refractivity contribution in [2.24, 2.45) is 12.5 Å². The van der Waals surface area contributed by atoms with Crippen LogP contribution in [-0.2, 0) is 33.0 Å². The maximum Gasteiger partial charge on any atom is 0.243 e. The fourth-order valence-electron chi connectivity index (χ4n) is 5.11. The maximum atomic E-state index is 13.6. The second-order valence-electron chi connectivity index (χ2n) is 8.54. The lowest BCUT2D eigenvalue weighted by Gasteiger charge is -2.37. The van der Waals surface area contributed by atoms with E-state index in [0.717, 1.165) is 29.9 Å². The van der Waals surface area contributed by atoms with Crippen LogP contribution in [0.5, 0.6) is 0 Å². The predicted molar refractivity (Wildman–Crippen MR) is 109 cm³/mol. The molecule has 2 saturated heterocycles. The van der Waals surface area contributed by atoms with Gasteiger partial charge in [0, 0.05) is 52.0 Å². The summed E-state index contributed by atoms with van der Waals surface area (Å²) in [4.78, 5) is 13.8. The van der Waals surface area contributed by atoms with Crippen LogP contribution in [0.15, 0.2) is 29.4 Å². The summed E-state index contributed by atoms with van der Waals surface area (Å²) >= 11 is 0. The number of rotatable bonds is 3. The monoisotopic (exact) mass is 431 g/mol. The van der Waals surface area contributed by atoms with Crippen LogP contribution in [0.2, 0.25) is 0 Å². The first-order chi connectivity index (χ1) is 14.3. The highest BCUT2D eigenvalue weighted by Crippen LogP contribution is 2.50. The van der Waals surface area contributed by atoms with Crippen LogP contribution in [0.4, 0.5) is 5.69 Å². The molecular weight excluding hydrogens is 406 g/mol. The highest BCUT2D eigenvalue weighted by atomic mass is 32.2. The Morgan fingerprint density at radius 3 is 2.67 bits per heavy atom. The Morgan fingerprint density at radius 1 is 1.20 bits per heavy atom. The molecule has 2 fully saturated rings. The molecule has 0 radical (unpaired) electrons. The molecule has 2 aromatic rings. The van der Waals surface area contributed by atoms with Crippen LogP contribution in [0, 0.1) is 5.41 Å². The van der Waals surface area contributed by atoms with E-state index >= 15 is 0 Å². The number of amides is 1. The standard InChI is InChI=1S/C20H25N5O4S/c1-23-13-21-22-19(23)16-11-25(12-20(16)5-7-29-8-6-20)30(27,28)15-3-4-17-14(9-15)10-18(26)24(17)2/h3-4,9,13,16H,5-8,10-12H2,1-2H3. The third kappa shape index (κ3) is 2.89. The summed E-state index contributed by atoms with van der Waals surface area (Å²) in [6, 6.07) is 4.99. The van der Waals surface area contributed by atoms with Crippen LogP contribution in [0.1, 0.15) is 30.1 Å². The molecule has 0 saturated carbocycles. The number of anilines is 1. The number of aromatic nitrogens is 3. The number of ether oxygens (including phenoxy) is 1. The number of aryl methyl sites for hydroxylation is 1. The zero-order valence-electron chi connectivity index (χ0n) is 17.1. The van der Waals surface area contributed by atoms with E-state index in [0.29, 0.717) is 26.3 Å². The Balaban J connectivity index is 1.50. The van der Waals surface area contributed by atoms with Crippen LogP contribution in [0.25, 0.3) is 0 Å². The zero-order valence-corrected chi connectivity index (χ0v) is 17.9. The third-order valence-electron chi connectivity index (χ3n) is 6.93. The number of carbonyl (C=O) groups is 1. The van der Waals surface area contributed by atoms with Crippen molar-refractivity contribution < 1.29 is 17.9 Å². The molecule has 1 amide bonds. The van der Waals surface area contributed by atoms with Gasteiger partial charge in [-0.3, -0.25) is 4.79 Å². The summed E-state index contributed by atoms with van der Waals surface area (Å²) in [7, 11) is -0.0943. The molecule has 30 heavy (non-hydrogen) atoms. The highest BCUT2D eigenvalue weighted by Gasteiger charge is 2.52. The van der Waals surface area contributed by atoms with E-state index in [1.165, 1.54) is 0 Å². The molecule has 1 unspecified atom stereocenters. The molecule has 0 aliphatic carbocycles. The average molecular weight is 432 g/mol. The van der Waals surface area contributed by atoms with E-state index in [1.54, 1.807) is 40.8 Å². The molecule has 10 heteroatoms. The van der Waals surface area contributed by atoms with Crippen molar-refractivity contribution in [3.63, 3.8) is 0 Å². The van der Waals surface area contributed by atoms with Crippen molar-refractivity contribution in [3.05, 3.63) is 35.9 Å². The first kappa shape index (κ1) is 19.7. The summed E-state index contributed by atoms with van der Waals surface area (Å²) in [5, 5.41) is 8.33. The van der Waals surface area contributed by atoms with E-state index in [1.807, 2.05) is 11.6 Å². The smallest absolute Gasteiger partial charge is 0.243 e. The van der Waals surface area contributed by atoms with E-state index in [4.69, 9.17) is 4.74 Å². The topological polar surface area (TPSA) is 97.6 Å². The normalized spacial score (nSPS) is 24.0. The van der Waals surface area contributed by atoms with Crippen molar-refractivity contribution in [1.82, 2.24) is 19.1 Å². The molecule has 4 heterocycles. The van der Waals surface area contributed by atoms with Gasteiger partial charge >= 0.3 is 0 Å². The minimum absolute atomic E-state index is 0.0239. The Labute approximate surface area is 175 Å². The van der Waals surface area contributed by atoms with Crippen molar-refractivity contribution in [2.75, 3.05) is 38.3 Å². The lowest BCUT2D eigenvalue weighted by molar-refractivity contribution is -0.117. The van der Waals surface area contributed by atoms with Gasteiger partial charge in [-0.1, -0.05) is 0 Å². The highest BCUT2D eigenvalue weighted by molar-refractivity contribution is 7.89. The lowest BCUT2D eigenvalue weighted by Crippen LogP contribution is -2.37. The lowest BCUT2D eigenvalue weighted by atomic mass is 9.72. The second kappa shape index (κ2) is 6.86.